The zero-order valence-electron chi connectivity index (χ0n) is 9.06. The Morgan fingerprint density at radius 1 is 1.56 bits per heavy atom. The molecule has 0 bridgehead atoms. The maximum atomic E-state index is 9.35. The maximum Gasteiger partial charge on any atom is 0.187 e. The first-order valence-corrected chi connectivity index (χ1v) is 6.50. The molecule has 1 fully saturated rings. The highest BCUT2D eigenvalue weighted by molar-refractivity contribution is 7.16. The molecular weight excluding hydrogens is 248 g/mol. The third-order valence-corrected chi connectivity index (χ3v) is 4.60. The molecule has 4 nitrogen and oxygen atoms in total. The van der Waals surface area contributed by atoms with Crippen molar-refractivity contribution in [3.63, 3.8) is 0 Å². The van der Waals surface area contributed by atoms with E-state index in [1.807, 2.05) is 0 Å². The van der Waals surface area contributed by atoms with Gasteiger partial charge in [-0.2, -0.15) is 0 Å². The van der Waals surface area contributed by atoms with E-state index in [4.69, 9.17) is 16.7 Å². The fourth-order valence-corrected chi connectivity index (χ4v) is 3.27. The molecule has 1 aliphatic heterocycles. The minimum absolute atomic E-state index is 0.0797. The van der Waals surface area contributed by atoms with Crippen LogP contribution < -0.4 is 4.90 Å². The molecule has 0 aliphatic carbocycles. The molecule has 0 spiro atoms. The van der Waals surface area contributed by atoms with E-state index >= 15 is 0 Å². The molecule has 16 heavy (non-hydrogen) atoms. The van der Waals surface area contributed by atoms with E-state index in [0.29, 0.717) is 15.9 Å². The van der Waals surface area contributed by atoms with Gasteiger partial charge in [-0.25, -0.2) is 4.98 Å². The molecule has 2 heterocycles. The zero-order chi connectivity index (χ0) is 11.7. The normalized spacial score (nSPS) is 25.4. The minimum atomic E-state index is -0.0797. The van der Waals surface area contributed by atoms with Crippen LogP contribution in [0.4, 0.5) is 5.13 Å². The van der Waals surface area contributed by atoms with Gasteiger partial charge in [0.1, 0.15) is 5.15 Å². The first kappa shape index (κ1) is 12.1. The molecule has 6 heteroatoms. The molecule has 1 saturated heterocycles. The van der Waals surface area contributed by atoms with Gasteiger partial charge in [-0.05, 0) is 12.3 Å². The summed E-state index contributed by atoms with van der Waals surface area (Å²) in [6, 6.07) is 0.119. The van der Waals surface area contributed by atoms with Crippen LogP contribution in [0.1, 0.15) is 18.2 Å². The van der Waals surface area contributed by atoms with Gasteiger partial charge in [-0.1, -0.05) is 29.9 Å². The van der Waals surface area contributed by atoms with Crippen molar-refractivity contribution in [3.8, 4) is 0 Å². The van der Waals surface area contributed by atoms with Crippen LogP contribution in [0.5, 0.6) is 0 Å². The van der Waals surface area contributed by atoms with Crippen LogP contribution in [-0.2, 0) is 6.61 Å². The quantitative estimate of drug-likeness (QED) is 0.867. The molecule has 0 saturated carbocycles. The second-order valence-electron chi connectivity index (χ2n) is 4.08. The maximum absolute atomic E-state index is 9.35. The minimum Gasteiger partial charge on any atom is -0.394 e. The van der Waals surface area contributed by atoms with Crippen molar-refractivity contribution in [1.82, 2.24) is 4.98 Å². The summed E-state index contributed by atoms with van der Waals surface area (Å²) >= 11 is 7.30. The number of aliphatic hydroxyl groups is 2. The Kier molecular flexibility index (Phi) is 3.69. The predicted molar refractivity (Wildman–Crippen MR) is 65.0 cm³/mol. The van der Waals surface area contributed by atoms with Crippen LogP contribution in [-0.4, -0.2) is 34.4 Å². The van der Waals surface area contributed by atoms with E-state index < -0.39 is 0 Å². The van der Waals surface area contributed by atoms with Crippen LogP contribution in [0, 0.1) is 5.92 Å². The molecule has 1 aromatic heterocycles. The van der Waals surface area contributed by atoms with Gasteiger partial charge in [0.05, 0.1) is 24.1 Å². The Hall–Kier alpha value is -0.360. The second-order valence-corrected chi connectivity index (χ2v) is 5.50. The smallest absolute Gasteiger partial charge is 0.187 e. The Bertz CT molecular complexity index is 372. The van der Waals surface area contributed by atoms with Crippen molar-refractivity contribution in [2.45, 2.75) is 26.0 Å². The number of hydrogen-bond acceptors (Lipinski definition) is 5. The first-order chi connectivity index (χ1) is 7.67. The fourth-order valence-electron chi connectivity index (χ4n) is 2.07. The molecule has 1 aliphatic rings. The molecule has 0 amide bonds. The predicted octanol–water partition coefficient (Wildman–Crippen LogP) is 1.50. The van der Waals surface area contributed by atoms with Gasteiger partial charge in [-0.15, -0.1) is 0 Å². The number of halogens is 1. The molecule has 2 N–H and O–H groups in total. The number of aromatic nitrogens is 1. The summed E-state index contributed by atoms with van der Waals surface area (Å²) in [7, 11) is 0. The molecule has 0 radical (unpaired) electrons. The van der Waals surface area contributed by atoms with Gasteiger partial charge in [0, 0.05) is 6.54 Å². The number of thiazole rings is 1. The number of hydrogen-bond donors (Lipinski definition) is 2. The van der Waals surface area contributed by atoms with Crippen LogP contribution in [0.15, 0.2) is 0 Å². The van der Waals surface area contributed by atoms with Gasteiger partial charge >= 0.3 is 0 Å². The SMILES string of the molecule is CC1CCN(c2nc(Cl)c(CO)s2)C1CO. The average molecular weight is 263 g/mol. The Balaban J connectivity index is 2.23. The Morgan fingerprint density at radius 2 is 2.31 bits per heavy atom. The standard InChI is InChI=1S/C10H15ClN2O2S/c1-6-2-3-13(7(6)4-14)10-12-9(11)8(5-15)16-10/h6-7,14-15H,2-5H2,1H3. The number of nitrogens with zero attached hydrogens (tertiary/aromatic N) is 2. The Morgan fingerprint density at radius 3 is 2.88 bits per heavy atom. The van der Waals surface area contributed by atoms with Gasteiger partial charge < -0.3 is 15.1 Å². The van der Waals surface area contributed by atoms with Crippen LogP contribution in [0.2, 0.25) is 5.15 Å². The highest BCUT2D eigenvalue weighted by Gasteiger charge is 2.32. The number of aliphatic hydroxyl groups excluding tert-OH is 2. The average Bonchev–Trinajstić information content (AvgIpc) is 2.81. The van der Waals surface area contributed by atoms with E-state index in [0.717, 1.165) is 18.1 Å². The third kappa shape index (κ3) is 2.05. The summed E-state index contributed by atoms with van der Waals surface area (Å²) in [6.45, 7) is 3.07. The van der Waals surface area contributed by atoms with Crippen molar-refractivity contribution in [2.75, 3.05) is 18.1 Å². The summed E-state index contributed by atoms with van der Waals surface area (Å²) in [5.41, 5.74) is 0. The topological polar surface area (TPSA) is 56.6 Å². The molecule has 2 rings (SSSR count). The summed E-state index contributed by atoms with van der Waals surface area (Å²) in [5.74, 6) is 0.463. The number of anilines is 1. The van der Waals surface area contributed by atoms with Crippen LogP contribution >= 0.6 is 22.9 Å². The zero-order valence-corrected chi connectivity index (χ0v) is 10.6. The van der Waals surface area contributed by atoms with Crippen molar-refractivity contribution < 1.29 is 10.2 Å². The summed E-state index contributed by atoms with van der Waals surface area (Å²) in [4.78, 5) is 7.01. The highest BCUT2D eigenvalue weighted by Crippen LogP contribution is 2.35. The third-order valence-electron chi connectivity index (χ3n) is 3.10. The molecule has 90 valence electrons. The van der Waals surface area contributed by atoms with E-state index in [-0.39, 0.29) is 19.3 Å². The van der Waals surface area contributed by atoms with E-state index in [1.165, 1.54) is 11.3 Å². The second kappa shape index (κ2) is 4.87. The molecule has 2 unspecified atom stereocenters. The Labute approximate surface area is 103 Å². The van der Waals surface area contributed by atoms with Crippen molar-refractivity contribution in [3.05, 3.63) is 10.0 Å². The van der Waals surface area contributed by atoms with Crippen molar-refractivity contribution in [2.24, 2.45) is 5.92 Å². The fraction of sp³-hybridized carbons (Fsp3) is 0.700. The van der Waals surface area contributed by atoms with E-state index in [1.54, 1.807) is 0 Å². The van der Waals surface area contributed by atoms with Gasteiger partial charge in [0.15, 0.2) is 5.13 Å². The number of rotatable bonds is 3. The lowest BCUT2D eigenvalue weighted by molar-refractivity contribution is 0.244. The van der Waals surface area contributed by atoms with Crippen LogP contribution in [0.25, 0.3) is 0 Å². The highest BCUT2D eigenvalue weighted by atomic mass is 35.5. The molecule has 1 aromatic rings. The monoisotopic (exact) mass is 262 g/mol. The van der Waals surface area contributed by atoms with E-state index in [9.17, 15) is 5.11 Å². The molecule has 0 aromatic carbocycles. The van der Waals surface area contributed by atoms with Crippen molar-refractivity contribution in [1.29, 1.82) is 0 Å². The summed E-state index contributed by atoms with van der Waals surface area (Å²) < 4.78 is 0. The molecular formula is C10H15ClN2O2S. The van der Waals surface area contributed by atoms with Crippen LogP contribution in [0.3, 0.4) is 0 Å². The van der Waals surface area contributed by atoms with Crippen molar-refractivity contribution >= 4 is 28.1 Å². The van der Waals surface area contributed by atoms with E-state index in [2.05, 4.69) is 16.8 Å². The lowest BCUT2D eigenvalue weighted by Gasteiger charge is -2.24. The van der Waals surface area contributed by atoms with Gasteiger partial charge in [0.25, 0.3) is 0 Å². The lowest BCUT2D eigenvalue weighted by atomic mass is 10.0. The first-order valence-electron chi connectivity index (χ1n) is 5.31. The molecule has 2 atom stereocenters. The lowest BCUT2D eigenvalue weighted by Crippen LogP contribution is -2.35. The van der Waals surface area contributed by atoms with Gasteiger partial charge in [-0.3, -0.25) is 0 Å². The largest absolute Gasteiger partial charge is 0.394 e. The summed E-state index contributed by atoms with van der Waals surface area (Å²) in [6.07, 6.45) is 1.05. The van der Waals surface area contributed by atoms with Gasteiger partial charge in [0.2, 0.25) is 0 Å². The summed E-state index contributed by atoms with van der Waals surface area (Å²) in [5, 5.41) is 19.6.